The molecule has 0 atom stereocenters. The third-order valence-electron chi connectivity index (χ3n) is 5.26. The van der Waals surface area contributed by atoms with Gasteiger partial charge in [0.25, 0.3) is 0 Å². The topological polar surface area (TPSA) is 44.9 Å². The molecule has 4 nitrogen and oxygen atoms in total. The molecule has 0 unspecified atom stereocenters. The predicted molar refractivity (Wildman–Crippen MR) is 101 cm³/mol. The number of piperidine rings is 1. The predicted octanol–water partition coefficient (Wildman–Crippen LogP) is 4.45. The van der Waals surface area contributed by atoms with Gasteiger partial charge >= 0.3 is 0 Å². The van der Waals surface area contributed by atoms with Crippen molar-refractivity contribution in [1.29, 1.82) is 5.26 Å². The van der Waals surface area contributed by atoms with Crippen molar-refractivity contribution in [3.8, 4) is 6.07 Å². The van der Waals surface area contributed by atoms with Crippen LogP contribution in [0.1, 0.15) is 37.2 Å². The second kappa shape index (κ2) is 6.80. The van der Waals surface area contributed by atoms with Crippen LogP contribution in [0.2, 0.25) is 0 Å². The Morgan fingerprint density at radius 2 is 1.92 bits per heavy atom. The Hall–Kier alpha value is -2.87. The van der Waals surface area contributed by atoms with Crippen LogP contribution in [-0.2, 0) is 6.42 Å². The maximum atomic E-state index is 13.9. The number of hydrogen-bond donors (Lipinski definition) is 0. The van der Waals surface area contributed by atoms with Crippen molar-refractivity contribution in [3.63, 3.8) is 0 Å². The van der Waals surface area contributed by atoms with E-state index in [0.29, 0.717) is 11.7 Å². The summed E-state index contributed by atoms with van der Waals surface area (Å²) in [6.45, 7) is 3.75. The smallest absolute Gasteiger partial charge is 0.143 e. The van der Waals surface area contributed by atoms with Gasteiger partial charge in [0.1, 0.15) is 23.3 Å². The molecule has 3 aromatic rings. The van der Waals surface area contributed by atoms with Crippen LogP contribution in [-0.4, -0.2) is 22.6 Å². The average Bonchev–Trinajstić information content (AvgIpc) is 3.06. The van der Waals surface area contributed by atoms with Crippen LogP contribution < -0.4 is 4.90 Å². The Kier molecular flexibility index (Phi) is 4.34. The SMILES string of the molecule is CCc1nc2ccccc2n1C1CCN(c2cccc(F)c2C#N)CC1. The van der Waals surface area contributed by atoms with Gasteiger partial charge in [0.05, 0.1) is 16.7 Å². The second-order valence-corrected chi connectivity index (χ2v) is 6.70. The number of benzene rings is 2. The highest BCUT2D eigenvalue weighted by Gasteiger charge is 2.25. The van der Waals surface area contributed by atoms with Crippen LogP contribution in [0.3, 0.4) is 0 Å². The molecule has 1 aliphatic rings. The molecular formula is C21H21FN4. The first kappa shape index (κ1) is 16.6. The minimum Gasteiger partial charge on any atom is -0.370 e. The molecule has 0 amide bonds. The molecule has 5 heteroatoms. The monoisotopic (exact) mass is 348 g/mol. The molecule has 1 aliphatic heterocycles. The molecular weight excluding hydrogens is 327 g/mol. The van der Waals surface area contributed by atoms with Gasteiger partial charge in [-0.25, -0.2) is 9.37 Å². The molecule has 0 spiro atoms. The average molecular weight is 348 g/mol. The van der Waals surface area contributed by atoms with Crippen molar-refractivity contribution in [2.45, 2.75) is 32.2 Å². The van der Waals surface area contributed by atoms with Crippen molar-refractivity contribution >= 4 is 16.7 Å². The lowest BCUT2D eigenvalue weighted by atomic mass is 10.0. The zero-order valence-electron chi connectivity index (χ0n) is 14.8. The minimum absolute atomic E-state index is 0.147. The van der Waals surface area contributed by atoms with Gasteiger partial charge in [-0.3, -0.25) is 0 Å². The molecule has 0 aliphatic carbocycles. The first-order valence-corrected chi connectivity index (χ1v) is 9.12. The number of halogens is 1. The number of rotatable bonds is 3. The lowest BCUT2D eigenvalue weighted by molar-refractivity contribution is 0.395. The molecule has 0 radical (unpaired) electrons. The number of aromatic nitrogens is 2. The number of hydrogen-bond acceptors (Lipinski definition) is 3. The molecule has 1 aromatic heterocycles. The van der Waals surface area contributed by atoms with Gasteiger partial charge in [-0.1, -0.05) is 25.1 Å². The van der Waals surface area contributed by atoms with Crippen molar-refractivity contribution < 1.29 is 4.39 Å². The largest absolute Gasteiger partial charge is 0.370 e. The van der Waals surface area contributed by atoms with E-state index in [9.17, 15) is 9.65 Å². The number of para-hydroxylation sites is 2. The van der Waals surface area contributed by atoms with E-state index >= 15 is 0 Å². The summed E-state index contributed by atoms with van der Waals surface area (Å²) in [6, 6.07) is 15.5. The molecule has 4 rings (SSSR count). The van der Waals surface area contributed by atoms with Crippen molar-refractivity contribution in [2.75, 3.05) is 18.0 Å². The van der Waals surface area contributed by atoms with E-state index in [1.165, 1.54) is 11.6 Å². The van der Waals surface area contributed by atoms with Crippen molar-refractivity contribution in [2.24, 2.45) is 0 Å². The summed E-state index contributed by atoms with van der Waals surface area (Å²) in [5, 5.41) is 9.29. The molecule has 132 valence electrons. The minimum atomic E-state index is -0.444. The summed E-state index contributed by atoms with van der Waals surface area (Å²) in [7, 11) is 0. The van der Waals surface area contributed by atoms with Crippen molar-refractivity contribution in [3.05, 3.63) is 59.7 Å². The summed E-state index contributed by atoms with van der Waals surface area (Å²) in [6.07, 6.45) is 2.81. The Morgan fingerprint density at radius 1 is 1.15 bits per heavy atom. The van der Waals surface area contributed by atoms with E-state index in [4.69, 9.17) is 4.98 Å². The maximum absolute atomic E-state index is 13.9. The molecule has 1 fully saturated rings. The first-order chi connectivity index (χ1) is 12.7. The zero-order valence-corrected chi connectivity index (χ0v) is 14.8. The molecule has 1 saturated heterocycles. The van der Waals surface area contributed by atoms with Gasteiger partial charge < -0.3 is 9.47 Å². The highest BCUT2D eigenvalue weighted by Crippen LogP contribution is 2.32. The van der Waals surface area contributed by atoms with Crippen molar-refractivity contribution in [1.82, 2.24) is 9.55 Å². The fraction of sp³-hybridized carbons (Fsp3) is 0.333. The Labute approximate surface area is 152 Å². The molecule has 0 N–H and O–H groups in total. The number of aryl methyl sites for hydroxylation is 1. The third-order valence-corrected chi connectivity index (χ3v) is 5.26. The highest BCUT2D eigenvalue weighted by molar-refractivity contribution is 5.76. The van der Waals surface area contributed by atoms with Gasteiger partial charge in [-0.05, 0) is 37.1 Å². The van der Waals surface area contributed by atoms with Gasteiger partial charge in [0, 0.05) is 25.6 Å². The van der Waals surface area contributed by atoms with Crippen LogP contribution in [0.25, 0.3) is 11.0 Å². The van der Waals surface area contributed by atoms with Crippen LogP contribution in [0.15, 0.2) is 42.5 Å². The zero-order chi connectivity index (χ0) is 18.1. The van der Waals surface area contributed by atoms with Crippen LogP contribution in [0, 0.1) is 17.1 Å². The van der Waals surface area contributed by atoms with Gasteiger partial charge in [-0.2, -0.15) is 5.26 Å². The molecule has 26 heavy (non-hydrogen) atoms. The summed E-state index contributed by atoms with van der Waals surface area (Å²) < 4.78 is 16.3. The second-order valence-electron chi connectivity index (χ2n) is 6.70. The van der Waals surface area contributed by atoms with E-state index < -0.39 is 5.82 Å². The number of nitriles is 1. The highest BCUT2D eigenvalue weighted by atomic mass is 19.1. The summed E-state index contributed by atoms with van der Waals surface area (Å²) >= 11 is 0. The number of imidazole rings is 1. The quantitative estimate of drug-likeness (QED) is 0.702. The van der Waals surface area contributed by atoms with Crippen LogP contribution in [0.4, 0.5) is 10.1 Å². The summed E-state index contributed by atoms with van der Waals surface area (Å²) in [5.41, 5.74) is 3.08. The van der Waals surface area contributed by atoms with E-state index in [1.54, 1.807) is 6.07 Å². The molecule has 2 aromatic carbocycles. The number of fused-ring (bicyclic) bond motifs is 1. The van der Waals surface area contributed by atoms with E-state index in [1.807, 2.05) is 18.2 Å². The van der Waals surface area contributed by atoms with Gasteiger partial charge in [0.2, 0.25) is 0 Å². The van der Waals surface area contributed by atoms with Crippen LogP contribution >= 0.6 is 0 Å². The molecule has 0 saturated carbocycles. The van der Waals surface area contributed by atoms with E-state index in [2.05, 4.69) is 34.6 Å². The maximum Gasteiger partial charge on any atom is 0.143 e. The third kappa shape index (κ3) is 2.72. The molecule has 2 heterocycles. The van der Waals surface area contributed by atoms with Crippen LogP contribution in [0.5, 0.6) is 0 Å². The van der Waals surface area contributed by atoms with E-state index in [0.717, 1.165) is 43.7 Å². The van der Waals surface area contributed by atoms with Gasteiger partial charge in [-0.15, -0.1) is 0 Å². The fourth-order valence-electron chi connectivity index (χ4n) is 4.00. The molecule has 0 bridgehead atoms. The Morgan fingerprint density at radius 3 is 2.65 bits per heavy atom. The lowest BCUT2D eigenvalue weighted by Gasteiger charge is -2.35. The van der Waals surface area contributed by atoms with Gasteiger partial charge in [0.15, 0.2) is 0 Å². The standard InChI is InChI=1S/C21H21FN4/c1-2-21-24-18-7-3-4-8-20(18)26(21)15-10-12-25(13-11-15)19-9-5-6-17(22)16(19)14-23/h3-9,15H,2,10-13H2,1H3. The fourth-order valence-corrected chi connectivity index (χ4v) is 4.00. The first-order valence-electron chi connectivity index (χ1n) is 9.12. The lowest BCUT2D eigenvalue weighted by Crippen LogP contribution is -2.35. The number of anilines is 1. The normalized spacial score (nSPS) is 15.3. The number of nitrogens with zero attached hydrogens (tertiary/aromatic N) is 4. The van der Waals surface area contributed by atoms with E-state index in [-0.39, 0.29) is 5.56 Å². The Balaban J connectivity index is 1.60. The summed E-state index contributed by atoms with van der Waals surface area (Å²) in [5.74, 6) is 0.675. The summed E-state index contributed by atoms with van der Waals surface area (Å²) in [4.78, 5) is 6.91. The Bertz CT molecular complexity index is 977.